The van der Waals surface area contributed by atoms with E-state index in [2.05, 4.69) is 0 Å². The van der Waals surface area contributed by atoms with E-state index in [-0.39, 0.29) is 16.8 Å². The molecule has 3 aromatic carbocycles. The molecule has 0 saturated carbocycles. The van der Waals surface area contributed by atoms with Crippen LogP contribution in [0.15, 0.2) is 54.6 Å². The van der Waals surface area contributed by atoms with Gasteiger partial charge >= 0.3 is 6.03 Å². The van der Waals surface area contributed by atoms with E-state index in [0.29, 0.717) is 33.3 Å². The van der Waals surface area contributed by atoms with Crippen LogP contribution in [0.3, 0.4) is 0 Å². The average molecular weight is 566 g/mol. The van der Waals surface area contributed by atoms with Crippen molar-refractivity contribution in [2.45, 2.75) is 17.5 Å². The first kappa shape index (κ1) is 24.2. The molecule has 4 amide bonds. The molecule has 0 radical (unpaired) electrons. The Morgan fingerprint density at radius 2 is 1.58 bits per heavy atom. The van der Waals surface area contributed by atoms with Crippen LogP contribution in [0.4, 0.5) is 4.79 Å². The molecule has 3 aliphatic heterocycles. The molecule has 3 heterocycles. The fourth-order valence-corrected chi connectivity index (χ4v) is 9.03. The van der Waals surface area contributed by atoms with E-state index in [4.69, 9.17) is 23.2 Å². The number of imide groups is 2. The van der Waals surface area contributed by atoms with E-state index in [1.54, 1.807) is 36.0 Å². The van der Waals surface area contributed by atoms with Gasteiger partial charge in [0.1, 0.15) is 5.54 Å². The molecule has 10 heteroatoms. The summed E-state index contributed by atoms with van der Waals surface area (Å²) in [5.41, 5.74) is -1.85. The highest BCUT2D eigenvalue weighted by Crippen LogP contribution is 2.69. The number of carbonyl (C=O) groups is 4. The lowest BCUT2D eigenvalue weighted by Crippen LogP contribution is -2.72. The van der Waals surface area contributed by atoms with E-state index < -0.39 is 34.7 Å². The van der Waals surface area contributed by atoms with Crippen molar-refractivity contribution >= 4 is 69.4 Å². The topological polar surface area (TPSA) is 78.0 Å². The van der Waals surface area contributed by atoms with Crippen LogP contribution < -0.4 is 0 Å². The van der Waals surface area contributed by atoms with Crippen molar-refractivity contribution in [2.24, 2.45) is 5.41 Å². The molecule has 3 fully saturated rings. The maximum Gasteiger partial charge on any atom is 0.332 e. The molecule has 3 atom stereocenters. The predicted octanol–water partition coefficient (Wildman–Crippen LogP) is 4.75. The smallest absolute Gasteiger partial charge is 0.292 e. The normalized spacial score (nSPS) is 28.0. The van der Waals surface area contributed by atoms with Gasteiger partial charge in [-0.25, -0.2) is 4.79 Å². The van der Waals surface area contributed by atoms with Gasteiger partial charge in [-0.15, -0.1) is 11.8 Å². The number of thioether (sulfide) groups is 1. The number of urea groups is 1. The third kappa shape index (κ3) is 2.49. The number of barbiturate groups is 1. The van der Waals surface area contributed by atoms with Crippen molar-refractivity contribution in [3.05, 3.63) is 81.3 Å². The second-order valence-electron chi connectivity index (χ2n) is 10.3. The van der Waals surface area contributed by atoms with E-state index in [1.165, 1.54) is 14.1 Å². The molecule has 7 rings (SSSR count). The largest absolute Gasteiger partial charge is 0.332 e. The molecule has 0 N–H and O–H groups in total. The monoisotopic (exact) mass is 565 g/mol. The third-order valence-corrected chi connectivity index (χ3v) is 10.6. The van der Waals surface area contributed by atoms with Gasteiger partial charge in [-0.1, -0.05) is 65.7 Å². The van der Waals surface area contributed by atoms with Gasteiger partial charge in [0.2, 0.25) is 11.8 Å². The van der Waals surface area contributed by atoms with Crippen LogP contribution >= 0.6 is 35.0 Å². The number of rotatable bonds is 1. The molecule has 3 aromatic rings. The fraction of sp³-hybridized carbons (Fsp3) is 0.286. The highest BCUT2D eigenvalue weighted by atomic mass is 35.5. The summed E-state index contributed by atoms with van der Waals surface area (Å²) in [5.74, 6) is -1.38. The van der Waals surface area contributed by atoms with E-state index in [0.717, 1.165) is 20.6 Å². The highest BCUT2D eigenvalue weighted by Gasteiger charge is 2.83. The molecule has 0 aromatic heterocycles. The second kappa shape index (κ2) is 7.82. The lowest BCUT2D eigenvalue weighted by Gasteiger charge is -2.50. The maximum absolute atomic E-state index is 14.9. The first-order valence-electron chi connectivity index (χ1n) is 12.2. The van der Waals surface area contributed by atoms with Gasteiger partial charge in [0.05, 0.1) is 10.0 Å². The number of halogens is 2. The average Bonchev–Trinajstić information content (AvgIpc) is 3.56. The molecule has 192 valence electrons. The van der Waals surface area contributed by atoms with Crippen molar-refractivity contribution in [3.8, 4) is 0 Å². The standard InChI is InChI=1S/C28H21Cl2N3O4S/c1-31-24(35)27(25(36)32(2)26(31)37)22(15-9-10-18(29)19(30)11-15)20-12-38-13-33(20)28(27)17-8-4-6-14-5-3-7-16(21(14)17)23(28)34/h3-11,20,22H,12-13H2,1-2H3/t20-,22+,28-/m0/s1. The Morgan fingerprint density at radius 3 is 2.26 bits per heavy atom. The van der Waals surface area contributed by atoms with Crippen LogP contribution in [0.2, 0.25) is 10.0 Å². The van der Waals surface area contributed by atoms with Crippen LogP contribution in [0.5, 0.6) is 0 Å². The highest BCUT2D eigenvalue weighted by molar-refractivity contribution is 7.99. The Bertz CT molecular complexity index is 1610. The number of nitrogens with zero attached hydrogens (tertiary/aromatic N) is 3. The molecule has 38 heavy (non-hydrogen) atoms. The number of fused-ring (bicyclic) bond motifs is 4. The number of carbonyl (C=O) groups excluding carboxylic acids is 4. The summed E-state index contributed by atoms with van der Waals surface area (Å²) in [6.07, 6.45) is 0. The van der Waals surface area contributed by atoms with Crippen molar-refractivity contribution < 1.29 is 19.2 Å². The molecular formula is C28H21Cl2N3O4S. The minimum Gasteiger partial charge on any atom is -0.292 e. The second-order valence-corrected chi connectivity index (χ2v) is 12.1. The number of ketones is 1. The summed E-state index contributed by atoms with van der Waals surface area (Å²) in [6, 6.07) is 15.2. The Hall–Kier alpha value is -2.91. The van der Waals surface area contributed by atoms with Crippen LogP contribution in [-0.4, -0.2) is 70.1 Å². The zero-order valence-corrected chi connectivity index (χ0v) is 22.7. The summed E-state index contributed by atoms with van der Waals surface area (Å²) in [4.78, 5) is 61.3. The summed E-state index contributed by atoms with van der Waals surface area (Å²) in [5, 5.41) is 2.23. The zero-order valence-electron chi connectivity index (χ0n) is 20.4. The lowest BCUT2D eigenvalue weighted by atomic mass is 9.57. The van der Waals surface area contributed by atoms with Gasteiger partial charge in [0.15, 0.2) is 11.2 Å². The maximum atomic E-state index is 14.9. The number of hydrogen-bond donors (Lipinski definition) is 0. The molecule has 1 aliphatic carbocycles. The molecule has 4 aliphatic rings. The molecule has 0 unspecified atom stereocenters. The van der Waals surface area contributed by atoms with Crippen LogP contribution in [-0.2, 0) is 15.1 Å². The van der Waals surface area contributed by atoms with Crippen LogP contribution in [0, 0.1) is 5.41 Å². The minimum atomic E-state index is -1.95. The van der Waals surface area contributed by atoms with E-state index >= 15 is 0 Å². The van der Waals surface area contributed by atoms with Crippen molar-refractivity contribution in [1.29, 1.82) is 0 Å². The van der Waals surface area contributed by atoms with Crippen molar-refractivity contribution in [2.75, 3.05) is 25.7 Å². The van der Waals surface area contributed by atoms with Gasteiger partial charge in [-0.05, 0) is 34.0 Å². The number of amides is 4. The van der Waals surface area contributed by atoms with Crippen LogP contribution in [0.25, 0.3) is 10.8 Å². The summed E-state index contributed by atoms with van der Waals surface area (Å²) in [6.45, 7) is 0. The molecular weight excluding hydrogens is 545 g/mol. The van der Waals surface area contributed by atoms with Crippen molar-refractivity contribution in [1.82, 2.24) is 14.7 Å². The van der Waals surface area contributed by atoms with E-state index in [9.17, 15) is 19.2 Å². The summed E-state index contributed by atoms with van der Waals surface area (Å²) >= 11 is 14.4. The fourth-order valence-electron chi connectivity index (χ4n) is 7.42. The number of benzene rings is 3. The molecule has 2 spiro atoms. The summed E-state index contributed by atoms with van der Waals surface area (Å²) in [7, 11) is 2.75. The molecule has 7 nitrogen and oxygen atoms in total. The number of Topliss-reactive ketones (excluding diaryl/α,β-unsaturated/α-hetero) is 1. The molecule has 3 saturated heterocycles. The third-order valence-electron chi connectivity index (χ3n) is 8.80. The summed E-state index contributed by atoms with van der Waals surface area (Å²) < 4.78 is 0. The van der Waals surface area contributed by atoms with Crippen molar-refractivity contribution in [3.63, 3.8) is 0 Å². The Kier molecular flexibility index (Phi) is 4.97. The SMILES string of the molecule is CN1C(=O)N(C)C(=O)C2(C1=O)[C@H](c1ccc(Cl)c(Cl)c1)[C@@H]1CSCN1[C@@]21C(=O)c2cccc3cccc1c23. The first-order chi connectivity index (χ1) is 18.2. The Labute approximate surface area is 232 Å². The Morgan fingerprint density at radius 1 is 0.895 bits per heavy atom. The number of hydrogen-bond acceptors (Lipinski definition) is 6. The van der Waals surface area contributed by atoms with Gasteiger partial charge in [0, 0.05) is 43.2 Å². The minimum absolute atomic E-state index is 0.286. The van der Waals surface area contributed by atoms with Gasteiger partial charge < -0.3 is 0 Å². The Balaban J connectivity index is 1.65. The van der Waals surface area contributed by atoms with Gasteiger partial charge in [-0.3, -0.25) is 29.1 Å². The molecule has 0 bridgehead atoms. The van der Waals surface area contributed by atoms with Crippen LogP contribution in [0.1, 0.15) is 27.4 Å². The predicted molar refractivity (Wildman–Crippen MR) is 145 cm³/mol. The zero-order chi connectivity index (χ0) is 26.7. The lowest BCUT2D eigenvalue weighted by molar-refractivity contribution is -0.163. The van der Waals surface area contributed by atoms with Gasteiger partial charge in [-0.2, -0.15) is 0 Å². The first-order valence-corrected chi connectivity index (χ1v) is 14.1. The van der Waals surface area contributed by atoms with E-state index in [1.807, 2.05) is 35.2 Å². The quantitative estimate of drug-likeness (QED) is 0.396. The van der Waals surface area contributed by atoms with Gasteiger partial charge in [0.25, 0.3) is 0 Å².